The van der Waals surface area contributed by atoms with E-state index >= 15 is 0 Å². The number of benzene rings is 1. The minimum Gasteiger partial charge on any atom is -0.493 e. The first-order valence-corrected chi connectivity index (χ1v) is 10.8. The molecular formula is C24H26O9. The van der Waals surface area contributed by atoms with Crippen LogP contribution in [0.1, 0.15) is 38.0 Å². The molecule has 9 nitrogen and oxygen atoms in total. The molecule has 0 amide bonds. The van der Waals surface area contributed by atoms with Gasteiger partial charge in [-0.1, -0.05) is 13.8 Å². The summed E-state index contributed by atoms with van der Waals surface area (Å²) in [6.45, 7) is 5.03. The minimum atomic E-state index is -1.40. The van der Waals surface area contributed by atoms with Crippen LogP contribution in [0.2, 0.25) is 0 Å². The lowest BCUT2D eigenvalue weighted by molar-refractivity contribution is -0.151. The minimum absolute atomic E-state index is 0.00207. The number of fused-ring (bicyclic) bond motifs is 2. The molecule has 33 heavy (non-hydrogen) atoms. The van der Waals surface area contributed by atoms with Crippen molar-refractivity contribution in [3.05, 3.63) is 40.4 Å². The third-order valence-corrected chi connectivity index (χ3v) is 7.25. The highest BCUT2D eigenvalue weighted by Gasteiger charge is 2.61. The topological polar surface area (TPSA) is 110 Å². The first kappa shape index (κ1) is 21.6. The van der Waals surface area contributed by atoms with Gasteiger partial charge in [-0.2, -0.15) is 0 Å². The van der Waals surface area contributed by atoms with E-state index in [1.54, 1.807) is 12.1 Å². The molecule has 0 bridgehead atoms. The molecule has 5 rings (SSSR count). The number of allylic oxidation sites excluding steroid dienone is 2. The largest absolute Gasteiger partial charge is 0.493 e. The van der Waals surface area contributed by atoms with Crippen LogP contribution < -0.4 is 14.2 Å². The van der Waals surface area contributed by atoms with Crippen LogP contribution in [0.5, 0.6) is 17.2 Å². The molecule has 2 aliphatic carbocycles. The highest BCUT2D eigenvalue weighted by atomic mass is 16.7. The summed E-state index contributed by atoms with van der Waals surface area (Å²) < 4.78 is 34.1. The van der Waals surface area contributed by atoms with Gasteiger partial charge in [0.15, 0.2) is 17.3 Å². The van der Waals surface area contributed by atoms with E-state index < -0.39 is 29.4 Å². The number of Topliss-reactive ketones (excluding diaryl/α,β-unsaturated/α-hetero) is 1. The van der Waals surface area contributed by atoms with Gasteiger partial charge < -0.3 is 33.5 Å². The first-order chi connectivity index (χ1) is 15.8. The van der Waals surface area contributed by atoms with Gasteiger partial charge >= 0.3 is 5.97 Å². The van der Waals surface area contributed by atoms with Crippen LogP contribution in [-0.4, -0.2) is 50.6 Å². The maximum Gasteiger partial charge on any atom is 0.303 e. The molecule has 0 saturated carbocycles. The fraction of sp³-hybridized carbons (Fsp3) is 0.500. The second kappa shape index (κ2) is 7.41. The van der Waals surface area contributed by atoms with Gasteiger partial charge in [0.05, 0.1) is 20.3 Å². The summed E-state index contributed by atoms with van der Waals surface area (Å²) in [4.78, 5) is 26.2. The highest BCUT2D eigenvalue weighted by molar-refractivity contribution is 6.08. The molecule has 2 aliphatic heterocycles. The number of esters is 1. The van der Waals surface area contributed by atoms with E-state index in [0.717, 1.165) is 0 Å². The van der Waals surface area contributed by atoms with E-state index in [4.69, 9.17) is 28.4 Å². The molecule has 1 aromatic carbocycles. The standard InChI is InChI=1S/C24H26O9/c1-10-11(2)19(33-12(3)25)13-6-16-20(32-9-31-16)22-17(13)24(8-30-22)14(18(10)26)7-15(28-4)21(29-5)23(24)27/h6-7,10-11,18-19,26H,8-9H2,1-5H3. The zero-order valence-electron chi connectivity index (χ0n) is 19.1. The Kier molecular flexibility index (Phi) is 4.86. The lowest BCUT2D eigenvalue weighted by Crippen LogP contribution is -2.51. The Morgan fingerprint density at radius 3 is 2.55 bits per heavy atom. The molecular weight excluding hydrogens is 432 g/mol. The van der Waals surface area contributed by atoms with Crippen LogP contribution in [0.3, 0.4) is 0 Å². The molecule has 4 aliphatic rings. The van der Waals surface area contributed by atoms with Crippen molar-refractivity contribution in [2.75, 3.05) is 27.6 Å². The van der Waals surface area contributed by atoms with Crippen molar-refractivity contribution in [1.29, 1.82) is 0 Å². The Balaban J connectivity index is 1.88. The van der Waals surface area contributed by atoms with Crippen LogP contribution in [0, 0.1) is 11.8 Å². The average molecular weight is 458 g/mol. The van der Waals surface area contributed by atoms with E-state index in [-0.39, 0.29) is 36.8 Å². The van der Waals surface area contributed by atoms with Gasteiger partial charge in [-0.3, -0.25) is 9.59 Å². The molecule has 0 saturated heterocycles. The predicted octanol–water partition coefficient (Wildman–Crippen LogP) is 2.31. The second-order valence-electron chi connectivity index (χ2n) is 8.82. The Labute approximate surface area is 190 Å². The number of aliphatic hydroxyl groups excluding tert-OH is 1. The maximum absolute atomic E-state index is 14.1. The van der Waals surface area contributed by atoms with Crippen molar-refractivity contribution in [2.45, 2.75) is 38.4 Å². The Morgan fingerprint density at radius 1 is 1.12 bits per heavy atom. The average Bonchev–Trinajstić information content (AvgIpc) is 3.42. The van der Waals surface area contributed by atoms with Crippen LogP contribution in [-0.2, 0) is 29.2 Å². The molecule has 2 heterocycles. The summed E-state index contributed by atoms with van der Waals surface area (Å²) in [5, 5.41) is 11.5. The van der Waals surface area contributed by atoms with Crippen molar-refractivity contribution in [2.24, 2.45) is 11.8 Å². The molecule has 1 N–H and O–H groups in total. The number of carbonyl (C=O) groups excluding carboxylic acids is 2. The Bertz CT molecular complexity index is 1120. The lowest BCUT2D eigenvalue weighted by Gasteiger charge is -2.43. The molecule has 9 heteroatoms. The number of carbonyl (C=O) groups is 2. The summed E-state index contributed by atoms with van der Waals surface area (Å²) in [5.41, 5.74) is 0.135. The Morgan fingerprint density at radius 2 is 1.88 bits per heavy atom. The molecule has 176 valence electrons. The number of aliphatic hydroxyl groups is 1. The number of methoxy groups -OCH3 is 2. The summed E-state index contributed by atoms with van der Waals surface area (Å²) in [7, 11) is 2.84. The summed E-state index contributed by atoms with van der Waals surface area (Å²) in [5.74, 6) is -0.116. The Hall–Kier alpha value is -3.20. The number of rotatable bonds is 3. The van der Waals surface area contributed by atoms with Crippen molar-refractivity contribution >= 4 is 11.8 Å². The van der Waals surface area contributed by atoms with Crippen molar-refractivity contribution in [3.63, 3.8) is 0 Å². The summed E-state index contributed by atoms with van der Waals surface area (Å²) >= 11 is 0. The van der Waals surface area contributed by atoms with Crippen LogP contribution in [0.25, 0.3) is 0 Å². The van der Waals surface area contributed by atoms with Gasteiger partial charge in [0.1, 0.15) is 18.1 Å². The third-order valence-electron chi connectivity index (χ3n) is 7.25. The summed E-state index contributed by atoms with van der Waals surface area (Å²) in [6, 6.07) is 1.75. The SMILES string of the molecule is COC1=C(OC)C(=O)C23COc4c5c(cc(c42)C(OC(C)=O)C(C)C(C)C(O)C3=C1)OCO5. The van der Waals surface area contributed by atoms with Crippen LogP contribution in [0.4, 0.5) is 0 Å². The zero-order chi connectivity index (χ0) is 23.7. The molecule has 0 radical (unpaired) electrons. The first-order valence-electron chi connectivity index (χ1n) is 10.8. The van der Waals surface area contributed by atoms with Crippen molar-refractivity contribution in [3.8, 4) is 17.2 Å². The van der Waals surface area contributed by atoms with Gasteiger partial charge in [0.25, 0.3) is 0 Å². The second-order valence-corrected chi connectivity index (χ2v) is 8.82. The van der Waals surface area contributed by atoms with E-state index in [2.05, 4.69) is 0 Å². The van der Waals surface area contributed by atoms with E-state index in [1.165, 1.54) is 21.1 Å². The number of ketones is 1. The molecule has 1 spiro atoms. The third kappa shape index (κ3) is 2.75. The normalized spacial score (nSPS) is 31.6. The summed E-state index contributed by atoms with van der Waals surface area (Å²) in [6.07, 6.45) is -0.131. The lowest BCUT2D eigenvalue weighted by atomic mass is 9.61. The van der Waals surface area contributed by atoms with Crippen molar-refractivity contribution < 1.29 is 43.1 Å². The molecule has 5 atom stereocenters. The predicted molar refractivity (Wildman–Crippen MR) is 113 cm³/mol. The van der Waals surface area contributed by atoms with Gasteiger partial charge in [-0.15, -0.1) is 0 Å². The molecule has 1 aromatic rings. The monoisotopic (exact) mass is 458 g/mol. The molecule has 0 fully saturated rings. The highest BCUT2D eigenvalue weighted by Crippen LogP contribution is 2.61. The van der Waals surface area contributed by atoms with Gasteiger partial charge in [-0.25, -0.2) is 0 Å². The van der Waals surface area contributed by atoms with E-state index in [9.17, 15) is 14.7 Å². The fourth-order valence-corrected chi connectivity index (χ4v) is 5.42. The van der Waals surface area contributed by atoms with E-state index in [1.807, 2.05) is 13.8 Å². The molecule has 5 unspecified atom stereocenters. The van der Waals surface area contributed by atoms with Gasteiger partial charge in [0.2, 0.25) is 24.1 Å². The van der Waals surface area contributed by atoms with Gasteiger partial charge in [-0.05, 0) is 23.6 Å². The van der Waals surface area contributed by atoms with Crippen LogP contribution in [0.15, 0.2) is 29.2 Å². The molecule has 0 aromatic heterocycles. The smallest absolute Gasteiger partial charge is 0.303 e. The fourth-order valence-electron chi connectivity index (χ4n) is 5.42. The maximum atomic E-state index is 14.1. The number of hydrogen-bond donors (Lipinski definition) is 1. The van der Waals surface area contributed by atoms with E-state index in [0.29, 0.717) is 33.9 Å². The van der Waals surface area contributed by atoms with Gasteiger partial charge in [0, 0.05) is 24.0 Å². The van der Waals surface area contributed by atoms with Crippen LogP contribution >= 0.6 is 0 Å². The number of hydrogen-bond acceptors (Lipinski definition) is 9. The quantitative estimate of drug-likeness (QED) is 0.682. The number of ether oxygens (including phenoxy) is 6. The zero-order valence-corrected chi connectivity index (χ0v) is 19.1. The van der Waals surface area contributed by atoms with Crippen molar-refractivity contribution in [1.82, 2.24) is 0 Å².